The van der Waals surface area contributed by atoms with Crippen LogP contribution in [0.5, 0.6) is 0 Å². The Balaban J connectivity index is 1.49. The van der Waals surface area contributed by atoms with Gasteiger partial charge in [-0.25, -0.2) is 0 Å². The number of nitrogens with two attached hydrogens (primary N) is 1. The van der Waals surface area contributed by atoms with E-state index < -0.39 is 11.6 Å². The third-order valence-corrected chi connectivity index (χ3v) is 3.41. The highest BCUT2D eigenvalue weighted by Gasteiger charge is 2.33. The van der Waals surface area contributed by atoms with E-state index in [4.69, 9.17) is 34.2 Å². The van der Waals surface area contributed by atoms with Crippen molar-refractivity contribution in [1.82, 2.24) is 0 Å². The van der Waals surface area contributed by atoms with Crippen LogP contribution >= 0.6 is 0 Å². The van der Waals surface area contributed by atoms with Crippen LogP contribution in [0.15, 0.2) is 0 Å². The number of hydrogen-bond acceptors (Lipinski definition) is 7. The van der Waals surface area contributed by atoms with Crippen LogP contribution in [0.3, 0.4) is 0 Å². The first kappa shape index (κ1) is 18.1. The lowest BCUT2D eigenvalue weighted by molar-refractivity contribution is -0.146. The molecule has 0 bridgehead atoms. The van der Waals surface area contributed by atoms with Crippen molar-refractivity contribution in [2.45, 2.75) is 57.5 Å². The molecule has 2 aliphatic rings. The monoisotopic (exact) mass is 319 g/mol. The second-order valence-corrected chi connectivity index (χ2v) is 6.74. The highest BCUT2D eigenvalue weighted by atomic mass is 16.8. The van der Waals surface area contributed by atoms with E-state index in [0.29, 0.717) is 39.6 Å². The van der Waals surface area contributed by atoms with Crippen molar-refractivity contribution < 1.29 is 28.4 Å². The number of rotatable bonds is 8. The zero-order chi connectivity index (χ0) is 16.2. The van der Waals surface area contributed by atoms with Crippen LogP contribution in [-0.4, -0.2) is 69.5 Å². The molecule has 0 spiro atoms. The minimum atomic E-state index is -0.517. The van der Waals surface area contributed by atoms with Crippen molar-refractivity contribution in [2.75, 3.05) is 39.6 Å². The lowest BCUT2D eigenvalue weighted by Crippen LogP contribution is -2.35. The predicted octanol–water partition coefficient (Wildman–Crippen LogP) is 0.650. The van der Waals surface area contributed by atoms with Crippen LogP contribution in [0.1, 0.15) is 27.7 Å². The van der Waals surface area contributed by atoms with Gasteiger partial charge in [0.15, 0.2) is 11.6 Å². The summed E-state index contributed by atoms with van der Waals surface area (Å²) >= 11 is 0. The fourth-order valence-corrected chi connectivity index (χ4v) is 2.44. The van der Waals surface area contributed by atoms with E-state index in [2.05, 4.69) is 0 Å². The average molecular weight is 319 g/mol. The Morgan fingerprint density at radius 2 is 1.32 bits per heavy atom. The van der Waals surface area contributed by atoms with E-state index in [1.54, 1.807) is 0 Å². The Hall–Kier alpha value is -0.280. The molecule has 2 fully saturated rings. The Bertz CT molecular complexity index is 317. The van der Waals surface area contributed by atoms with Crippen LogP contribution in [0.2, 0.25) is 0 Å². The van der Waals surface area contributed by atoms with Gasteiger partial charge in [-0.05, 0) is 27.7 Å². The number of ether oxygens (including phenoxy) is 6. The van der Waals surface area contributed by atoms with Gasteiger partial charge in [-0.15, -0.1) is 0 Å². The molecule has 2 unspecified atom stereocenters. The largest absolute Gasteiger partial charge is 0.377 e. The van der Waals surface area contributed by atoms with Gasteiger partial charge < -0.3 is 34.2 Å². The molecule has 22 heavy (non-hydrogen) atoms. The van der Waals surface area contributed by atoms with Crippen LogP contribution in [0.25, 0.3) is 0 Å². The van der Waals surface area contributed by atoms with Gasteiger partial charge in [-0.3, -0.25) is 0 Å². The first-order valence-electron chi connectivity index (χ1n) is 7.80. The third-order valence-electron chi connectivity index (χ3n) is 3.41. The van der Waals surface area contributed by atoms with Crippen molar-refractivity contribution >= 4 is 0 Å². The summed E-state index contributed by atoms with van der Waals surface area (Å²) in [6.07, 6.45) is -0.0659. The third kappa shape index (κ3) is 6.08. The van der Waals surface area contributed by atoms with Crippen LogP contribution in [0, 0.1) is 0 Å². The molecule has 7 heteroatoms. The van der Waals surface area contributed by atoms with Crippen LogP contribution < -0.4 is 5.73 Å². The van der Waals surface area contributed by atoms with E-state index in [1.807, 2.05) is 27.7 Å². The topological polar surface area (TPSA) is 81.4 Å². The van der Waals surface area contributed by atoms with Crippen LogP contribution in [0.4, 0.5) is 0 Å². The van der Waals surface area contributed by atoms with Gasteiger partial charge in [0.1, 0.15) is 12.2 Å². The standard InChI is InChI=1S/C15H29NO6/c1-14(2)19-9-12(21-14)7-17-5-11(16)6-18-8-13-10-20-15(3,4)22-13/h11-13H,5-10,16H2,1-4H3. The van der Waals surface area contributed by atoms with Gasteiger partial charge in [0, 0.05) is 0 Å². The molecular weight excluding hydrogens is 290 g/mol. The zero-order valence-electron chi connectivity index (χ0n) is 14.0. The molecule has 2 N–H and O–H groups in total. The van der Waals surface area contributed by atoms with Gasteiger partial charge in [0.25, 0.3) is 0 Å². The Morgan fingerprint density at radius 3 is 1.64 bits per heavy atom. The summed E-state index contributed by atoms with van der Waals surface area (Å²) in [4.78, 5) is 0. The molecule has 0 radical (unpaired) electrons. The van der Waals surface area contributed by atoms with Gasteiger partial charge in [0.05, 0.1) is 45.7 Å². The van der Waals surface area contributed by atoms with Gasteiger partial charge in [-0.1, -0.05) is 0 Å². The molecule has 0 aromatic rings. The molecule has 2 aliphatic heterocycles. The summed E-state index contributed by atoms with van der Waals surface area (Å²) in [7, 11) is 0. The van der Waals surface area contributed by atoms with Crippen molar-refractivity contribution in [1.29, 1.82) is 0 Å². The SMILES string of the molecule is CC1(C)OCC(COCC(N)COCC2COC(C)(C)O2)O1. The molecule has 0 saturated carbocycles. The maximum atomic E-state index is 5.96. The summed E-state index contributed by atoms with van der Waals surface area (Å²) < 4.78 is 33.4. The molecule has 0 aromatic carbocycles. The fourth-order valence-electron chi connectivity index (χ4n) is 2.44. The molecular formula is C15H29NO6. The van der Waals surface area contributed by atoms with Crippen molar-refractivity contribution in [3.05, 3.63) is 0 Å². The van der Waals surface area contributed by atoms with E-state index in [9.17, 15) is 0 Å². The molecule has 0 amide bonds. The first-order chi connectivity index (χ1) is 10.3. The molecule has 2 heterocycles. The maximum absolute atomic E-state index is 5.96. The average Bonchev–Trinajstić information content (AvgIpc) is 2.92. The van der Waals surface area contributed by atoms with E-state index in [-0.39, 0.29) is 18.2 Å². The van der Waals surface area contributed by atoms with Crippen molar-refractivity contribution in [3.8, 4) is 0 Å². The first-order valence-corrected chi connectivity index (χ1v) is 7.80. The lowest BCUT2D eigenvalue weighted by Gasteiger charge is -2.19. The van der Waals surface area contributed by atoms with E-state index in [0.717, 1.165) is 0 Å². The highest BCUT2D eigenvalue weighted by Crippen LogP contribution is 2.23. The molecule has 130 valence electrons. The molecule has 2 saturated heterocycles. The zero-order valence-corrected chi connectivity index (χ0v) is 14.0. The molecule has 0 aromatic heterocycles. The smallest absolute Gasteiger partial charge is 0.163 e. The van der Waals surface area contributed by atoms with E-state index >= 15 is 0 Å². The lowest BCUT2D eigenvalue weighted by atomic mass is 10.3. The molecule has 7 nitrogen and oxygen atoms in total. The van der Waals surface area contributed by atoms with Crippen molar-refractivity contribution in [2.24, 2.45) is 5.73 Å². The molecule has 2 atom stereocenters. The Kier molecular flexibility index (Phi) is 6.18. The van der Waals surface area contributed by atoms with Gasteiger partial charge >= 0.3 is 0 Å². The van der Waals surface area contributed by atoms with Gasteiger partial charge in [-0.2, -0.15) is 0 Å². The number of hydrogen-bond donors (Lipinski definition) is 1. The summed E-state index contributed by atoms with van der Waals surface area (Å²) in [6, 6.07) is -0.175. The normalized spacial score (nSPS) is 31.5. The molecule has 0 aliphatic carbocycles. The second-order valence-electron chi connectivity index (χ2n) is 6.74. The second kappa shape index (κ2) is 7.53. The van der Waals surface area contributed by atoms with E-state index in [1.165, 1.54) is 0 Å². The minimum absolute atomic E-state index is 0.0330. The summed E-state index contributed by atoms with van der Waals surface area (Å²) in [6.45, 7) is 10.5. The molecule has 2 rings (SSSR count). The van der Waals surface area contributed by atoms with Crippen LogP contribution in [-0.2, 0) is 28.4 Å². The fraction of sp³-hybridized carbons (Fsp3) is 1.00. The Labute approximate surface area is 132 Å². The minimum Gasteiger partial charge on any atom is -0.377 e. The van der Waals surface area contributed by atoms with Gasteiger partial charge in [0.2, 0.25) is 0 Å². The predicted molar refractivity (Wildman–Crippen MR) is 79.4 cm³/mol. The maximum Gasteiger partial charge on any atom is 0.163 e. The summed E-state index contributed by atoms with van der Waals surface area (Å²) in [5.41, 5.74) is 5.96. The highest BCUT2D eigenvalue weighted by molar-refractivity contribution is 4.72. The van der Waals surface area contributed by atoms with Crippen molar-refractivity contribution in [3.63, 3.8) is 0 Å². The summed E-state index contributed by atoms with van der Waals surface area (Å²) in [5, 5.41) is 0. The summed E-state index contributed by atoms with van der Waals surface area (Å²) in [5.74, 6) is -1.03. The Morgan fingerprint density at radius 1 is 0.909 bits per heavy atom. The quantitative estimate of drug-likeness (QED) is 0.703.